The quantitative estimate of drug-likeness (QED) is 0.644. The van der Waals surface area contributed by atoms with Crippen LogP contribution in [0, 0.1) is 11.3 Å². The number of nitrogens with zero attached hydrogens (tertiary/aromatic N) is 1. The first kappa shape index (κ1) is 23.4. The van der Waals surface area contributed by atoms with E-state index in [9.17, 15) is 19.5 Å². The number of ether oxygens (including phenoxy) is 1. The summed E-state index contributed by atoms with van der Waals surface area (Å²) in [5.41, 5.74) is 4.34. The first-order chi connectivity index (χ1) is 16.7. The molecule has 35 heavy (non-hydrogen) atoms. The summed E-state index contributed by atoms with van der Waals surface area (Å²) in [7, 11) is 0. The predicted molar refractivity (Wildman–Crippen MR) is 131 cm³/mol. The van der Waals surface area contributed by atoms with Crippen molar-refractivity contribution in [3.63, 3.8) is 0 Å². The number of carboxylic acid groups (broad SMARTS) is 1. The van der Waals surface area contributed by atoms with E-state index >= 15 is 0 Å². The van der Waals surface area contributed by atoms with Crippen LogP contribution in [-0.2, 0) is 14.3 Å². The molecule has 5 rings (SSSR count). The molecule has 0 bridgehead atoms. The number of benzene rings is 2. The average Bonchev–Trinajstić information content (AvgIpc) is 3.37. The largest absolute Gasteiger partial charge is 0.480 e. The van der Waals surface area contributed by atoms with Crippen LogP contribution in [-0.4, -0.2) is 53.2 Å². The van der Waals surface area contributed by atoms with E-state index in [1.165, 1.54) is 27.2 Å². The van der Waals surface area contributed by atoms with Gasteiger partial charge in [0.1, 0.15) is 12.6 Å². The second kappa shape index (κ2) is 9.02. The highest BCUT2D eigenvalue weighted by molar-refractivity contribution is 5.86. The Hall–Kier alpha value is -3.35. The highest BCUT2D eigenvalue weighted by Gasteiger charge is 2.52. The Balaban J connectivity index is 1.11. The summed E-state index contributed by atoms with van der Waals surface area (Å²) in [4.78, 5) is 38.3. The Morgan fingerprint density at radius 2 is 1.66 bits per heavy atom. The fraction of sp³-hybridized carbons (Fsp3) is 0.464. The molecular weight excluding hydrogens is 444 g/mol. The highest BCUT2D eigenvalue weighted by atomic mass is 16.5. The molecule has 0 spiro atoms. The Bertz CT molecular complexity index is 1110. The smallest absolute Gasteiger partial charge is 0.407 e. The van der Waals surface area contributed by atoms with Gasteiger partial charge in [-0.1, -0.05) is 62.4 Å². The molecule has 2 amide bonds. The first-order valence-corrected chi connectivity index (χ1v) is 12.4. The van der Waals surface area contributed by atoms with Gasteiger partial charge in [-0.2, -0.15) is 0 Å². The second-order valence-corrected chi connectivity index (χ2v) is 10.8. The number of alkyl carbamates (subject to hydrolysis) is 1. The Morgan fingerprint density at radius 3 is 2.26 bits per heavy atom. The van der Waals surface area contributed by atoms with Crippen molar-refractivity contribution in [2.45, 2.75) is 57.5 Å². The number of aliphatic carboxylic acids is 1. The van der Waals surface area contributed by atoms with E-state index in [0.29, 0.717) is 19.4 Å². The van der Waals surface area contributed by atoms with E-state index in [0.717, 1.165) is 12.8 Å². The molecule has 2 N–H and O–H groups in total. The monoisotopic (exact) mass is 476 g/mol. The third-order valence-electron chi connectivity index (χ3n) is 7.85. The number of carboxylic acids is 1. The van der Waals surface area contributed by atoms with Crippen LogP contribution in [0.15, 0.2) is 48.5 Å². The lowest BCUT2D eigenvalue weighted by Crippen LogP contribution is -2.67. The maximum Gasteiger partial charge on any atom is 0.407 e. The van der Waals surface area contributed by atoms with E-state index in [2.05, 4.69) is 29.6 Å². The van der Waals surface area contributed by atoms with Gasteiger partial charge in [-0.25, -0.2) is 9.59 Å². The zero-order chi connectivity index (χ0) is 24.7. The van der Waals surface area contributed by atoms with Crippen molar-refractivity contribution < 1.29 is 24.2 Å². The summed E-state index contributed by atoms with van der Waals surface area (Å²) in [5.74, 6) is -0.899. The molecule has 2 aliphatic carbocycles. The average molecular weight is 477 g/mol. The van der Waals surface area contributed by atoms with Gasteiger partial charge < -0.3 is 20.1 Å². The number of rotatable bonds is 6. The van der Waals surface area contributed by atoms with Crippen LogP contribution in [0.3, 0.4) is 0 Å². The molecule has 7 heteroatoms. The maximum absolute atomic E-state index is 12.7. The van der Waals surface area contributed by atoms with Crippen LogP contribution in [0.2, 0.25) is 0 Å². The lowest BCUT2D eigenvalue weighted by atomic mass is 9.74. The topological polar surface area (TPSA) is 95.9 Å². The number of carbonyl (C=O) groups is 3. The molecule has 7 nitrogen and oxygen atoms in total. The number of carbonyl (C=O) groups excluding carboxylic acids is 2. The van der Waals surface area contributed by atoms with Gasteiger partial charge in [0, 0.05) is 30.3 Å². The van der Waals surface area contributed by atoms with E-state index in [1.807, 2.05) is 38.1 Å². The number of likely N-dealkylation sites (tertiary alicyclic amines) is 1. The van der Waals surface area contributed by atoms with Gasteiger partial charge in [0.15, 0.2) is 0 Å². The minimum atomic E-state index is -0.948. The van der Waals surface area contributed by atoms with Gasteiger partial charge >= 0.3 is 12.1 Å². The molecule has 1 saturated carbocycles. The second-order valence-electron chi connectivity index (χ2n) is 10.8. The van der Waals surface area contributed by atoms with Crippen molar-refractivity contribution >= 4 is 18.0 Å². The molecule has 3 aliphatic rings. The van der Waals surface area contributed by atoms with Gasteiger partial charge in [0.2, 0.25) is 5.91 Å². The predicted octanol–water partition coefficient (Wildman–Crippen LogP) is 4.41. The Kier molecular flexibility index (Phi) is 6.03. The minimum Gasteiger partial charge on any atom is -0.480 e. The lowest BCUT2D eigenvalue weighted by molar-refractivity contribution is -0.172. The van der Waals surface area contributed by atoms with Crippen LogP contribution in [0.1, 0.15) is 56.6 Å². The summed E-state index contributed by atoms with van der Waals surface area (Å²) in [6, 6.07) is 15.7. The highest BCUT2D eigenvalue weighted by Crippen LogP contribution is 2.44. The Labute approximate surface area is 205 Å². The number of nitrogens with one attached hydrogen (secondary N) is 1. The van der Waals surface area contributed by atoms with E-state index in [-0.39, 0.29) is 30.4 Å². The number of amides is 2. The molecule has 1 heterocycles. The molecule has 1 unspecified atom stereocenters. The standard InChI is InChI=1S/C28H32N2O5/c1-28(2)16-30(25(28)26(32)33)24(31)14-17-11-12-18(13-17)29-27(34)35-15-23-21-9-5-3-7-19(21)20-8-4-6-10-22(20)23/h3-10,17-18,23,25H,11-16H2,1-2H3,(H,29,34)(H,32,33)/t17-,18+,25?/m1/s1. The van der Waals surface area contributed by atoms with Gasteiger partial charge in [-0.05, 0) is 47.4 Å². The van der Waals surface area contributed by atoms with E-state index in [1.54, 1.807) is 0 Å². The van der Waals surface area contributed by atoms with Crippen molar-refractivity contribution in [1.29, 1.82) is 0 Å². The van der Waals surface area contributed by atoms with Crippen LogP contribution >= 0.6 is 0 Å². The van der Waals surface area contributed by atoms with Gasteiger partial charge in [-0.15, -0.1) is 0 Å². The third-order valence-corrected chi connectivity index (χ3v) is 7.85. The van der Waals surface area contributed by atoms with Crippen LogP contribution in [0.25, 0.3) is 11.1 Å². The molecule has 1 saturated heterocycles. The van der Waals surface area contributed by atoms with Gasteiger partial charge in [0.05, 0.1) is 0 Å². The Morgan fingerprint density at radius 1 is 1.03 bits per heavy atom. The molecule has 2 aromatic carbocycles. The summed E-state index contributed by atoms with van der Waals surface area (Å²) in [6.07, 6.45) is 2.21. The maximum atomic E-state index is 12.7. The zero-order valence-electron chi connectivity index (χ0n) is 20.2. The first-order valence-electron chi connectivity index (χ1n) is 12.4. The van der Waals surface area contributed by atoms with Crippen molar-refractivity contribution in [2.24, 2.45) is 11.3 Å². The molecule has 0 aromatic heterocycles. The SMILES string of the molecule is CC1(C)CN(C(=O)C[C@@H]2CC[C@H](NC(=O)OCC3c4ccccc4-c4ccccc43)C2)C1C(=O)O. The van der Waals surface area contributed by atoms with Crippen molar-refractivity contribution in [2.75, 3.05) is 13.2 Å². The summed E-state index contributed by atoms with van der Waals surface area (Å²) >= 11 is 0. The number of hydrogen-bond acceptors (Lipinski definition) is 4. The molecule has 2 fully saturated rings. The van der Waals surface area contributed by atoms with E-state index in [4.69, 9.17) is 4.74 Å². The van der Waals surface area contributed by atoms with Crippen LogP contribution < -0.4 is 5.32 Å². The molecular formula is C28H32N2O5. The van der Waals surface area contributed by atoms with Crippen LogP contribution in [0.5, 0.6) is 0 Å². The van der Waals surface area contributed by atoms with Gasteiger partial charge in [0.25, 0.3) is 0 Å². The minimum absolute atomic E-state index is 0.0186. The summed E-state index contributed by atoms with van der Waals surface area (Å²) < 4.78 is 5.66. The summed E-state index contributed by atoms with van der Waals surface area (Å²) in [5, 5.41) is 12.4. The summed E-state index contributed by atoms with van der Waals surface area (Å²) in [6.45, 7) is 4.49. The lowest BCUT2D eigenvalue weighted by Gasteiger charge is -2.51. The van der Waals surface area contributed by atoms with Crippen molar-refractivity contribution in [3.05, 3.63) is 59.7 Å². The molecule has 0 radical (unpaired) electrons. The van der Waals surface area contributed by atoms with Crippen molar-refractivity contribution in [3.8, 4) is 11.1 Å². The normalized spacial score (nSPS) is 24.3. The van der Waals surface area contributed by atoms with Crippen molar-refractivity contribution in [1.82, 2.24) is 10.2 Å². The van der Waals surface area contributed by atoms with Crippen LogP contribution in [0.4, 0.5) is 4.79 Å². The number of fused-ring (bicyclic) bond motifs is 3. The zero-order valence-corrected chi connectivity index (χ0v) is 20.2. The van der Waals surface area contributed by atoms with E-state index < -0.39 is 23.5 Å². The fourth-order valence-corrected chi connectivity index (χ4v) is 6.19. The third kappa shape index (κ3) is 4.40. The molecule has 3 atom stereocenters. The fourth-order valence-electron chi connectivity index (χ4n) is 6.19. The molecule has 2 aromatic rings. The number of hydrogen-bond donors (Lipinski definition) is 2. The molecule has 184 valence electrons. The molecule has 1 aliphatic heterocycles. The van der Waals surface area contributed by atoms with Gasteiger partial charge in [-0.3, -0.25) is 4.79 Å².